The van der Waals surface area contributed by atoms with Gasteiger partial charge in [0, 0.05) is 25.2 Å². The minimum absolute atomic E-state index is 0.0438. The van der Waals surface area contributed by atoms with E-state index in [1.165, 1.54) is 11.6 Å². The van der Waals surface area contributed by atoms with Crippen LogP contribution in [0.2, 0.25) is 0 Å². The number of allylic oxidation sites excluding steroid dienone is 1. The smallest absolute Gasteiger partial charge is 0.185 e. The summed E-state index contributed by atoms with van der Waals surface area (Å²) < 4.78 is 5.78. The molecule has 0 spiro atoms. The summed E-state index contributed by atoms with van der Waals surface area (Å²) in [4.78, 5) is 26.0. The second kappa shape index (κ2) is 11.0. The van der Waals surface area contributed by atoms with Gasteiger partial charge in [-0.1, -0.05) is 60.7 Å². The molecule has 162 valence electrons. The predicted molar refractivity (Wildman–Crippen MR) is 123 cm³/mol. The van der Waals surface area contributed by atoms with Crippen molar-refractivity contribution >= 4 is 23.7 Å². The molecule has 1 saturated heterocycles. The van der Waals surface area contributed by atoms with Crippen LogP contribution in [0, 0.1) is 0 Å². The van der Waals surface area contributed by atoms with E-state index in [1.54, 1.807) is 18.2 Å². The molecule has 0 bridgehead atoms. The van der Waals surface area contributed by atoms with E-state index in [9.17, 15) is 9.59 Å². The average molecular weight is 420 g/mol. The van der Waals surface area contributed by atoms with Gasteiger partial charge in [-0.25, -0.2) is 0 Å². The predicted octanol–water partition coefficient (Wildman–Crippen LogP) is 3.77. The minimum Gasteiger partial charge on any atom is -0.388 e. The second-order valence-electron chi connectivity index (χ2n) is 7.97. The number of morpholine rings is 1. The van der Waals surface area contributed by atoms with Gasteiger partial charge < -0.3 is 9.84 Å². The molecule has 2 atom stereocenters. The maximum atomic E-state index is 12.5. The van der Waals surface area contributed by atoms with Crippen LogP contribution in [0.15, 0.2) is 60.7 Å². The number of benzene rings is 2. The normalized spacial score (nSPS) is 19.8. The van der Waals surface area contributed by atoms with Crippen LogP contribution in [0.4, 0.5) is 0 Å². The number of rotatable bonds is 8. The van der Waals surface area contributed by atoms with Gasteiger partial charge in [0.1, 0.15) is 6.61 Å². The lowest BCUT2D eigenvalue weighted by Gasteiger charge is -2.35. The van der Waals surface area contributed by atoms with Gasteiger partial charge in [0.25, 0.3) is 0 Å². The van der Waals surface area contributed by atoms with Gasteiger partial charge in [0.2, 0.25) is 0 Å². The third-order valence-corrected chi connectivity index (χ3v) is 5.12. The number of hydrogen-bond donors (Lipinski definition) is 1. The van der Waals surface area contributed by atoms with E-state index in [0.717, 1.165) is 30.8 Å². The van der Waals surface area contributed by atoms with Gasteiger partial charge in [0.05, 0.1) is 12.2 Å². The number of carbonyl (C=O) groups is 2. The molecule has 0 unspecified atom stereocenters. The van der Waals surface area contributed by atoms with Crippen LogP contribution >= 0.6 is 0 Å². The lowest BCUT2D eigenvalue weighted by molar-refractivity contribution is -0.117. The fourth-order valence-electron chi connectivity index (χ4n) is 3.67. The van der Waals surface area contributed by atoms with E-state index in [-0.39, 0.29) is 23.8 Å². The van der Waals surface area contributed by atoms with E-state index in [4.69, 9.17) is 9.84 Å². The summed E-state index contributed by atoms with van der Waals surface area (Å²) in [6.45, 7) is 6.39. The van der Waals surface area contributed by atoms with Crippen molar-refractivity contribution in [2.24, 2.45) is 0 Å². The average Bonchev–Trinajstić information content (AvgIpc) is 2.76. The zero-order chi connectivity index (χ0) is 22.2. The van der Waals surface area contributed by atoms with Crippen LogP contribution in [0.25, 0.3) is 12.2 Å². The fourth-order valence-corrected chi connectivity index (χ4v) is 3.67. The molecule has 1 aliphatic rings. The fraction of sp³-hybridized carbons (Fsp3) is 0.308. The zero-order valence-electron chi connectivity index (χ0n) is 18.0. The number of nitrogens with zero attached hydrogens (tertiary/aromatic N) is 1. The molecule has 0 saturated carbocycles. The Balaban J connectivity index is 1.56. The van der Waals surface area contributed by atoms with Crippen LogP contribution < -0.4 is 0 Å². The third-order valence-electron chi connectivity index (χ3n) is 5.12. The number of aliphatic hydroxyl groups is 1. The van der Waals surface area contributed by atoms with E-state index in [0.29, 0.717) is 5.56 Å². The molecule has 0 aliphatic carbocycles. The summed E-state index contributed by atoms with van der Waals surface area (Å²) in [5.74, 6) is -0.382. The van der Waals surface area contributed by atoms with E-state index in [2.05, 4.69) is 18.7 Å². The molecule has 2 aromatic rings. The highest BCUT2D eigenvalue weighted by atomic mass is 16.5. The number of ether oxygens (including phenoxy) is 1. The van der Waals surface area contributed by atoms with Crippen molar-refractivity contribution in [2.45, 2.75) is 32.6 Å². The van der Waals surface area contributed by atoms with Crippen LogP contribution in [-0.2, 0) is 16.1 Å². The van der Waals surface area contributed by atoms with Crippen LogP contribution in [0.1, 0.15) is 40.9 Å². The molecule has 31 heavy (non-hydrogen) atoms. The summed E-state index contributed by atoms with van der Waals surface area (Å²) >= 11 is 0. The van der Waals surface area contributed by atoms with Crippen molar-refractivity contribution in [3.05, 3.63) is 82.9 Å². The van der Waals surface area contributed by atoms with Crippen LogP contribution in [0.5, 0.6) is 0 Å². The van der Waals surface area contributed by atoms with Crippen LogP contribution in [0.3, 0.4) is 0 Å². The quantitative estimate of drug-likeness (QED) is 0.521. The zero-order valence-corrected chi connectivity index (χ0v) is 18.0. The second-order valence-corrected chi connectivity index (χ2v) is 7.97. The van der Waals surface area contributed by atoms with Gasteiger partial charge >= 0.3 is 0 Å². The Hall–Kier alpha value is -2.86. The summed E-state index contributed by atoms with van der Waals surface area (Å²) in [5, 5.41) is 8.73. The molecule has 1 aliphatic heterocycles. The highest BCUT2D eigenvalue weighted by Crippen LogP contribution is 2.15. The van der Waals surface area contributed by atoms with Crippen molar-refractivity contribution in [3.8, 4) is 0 Å². The van der Waals surface area contributed by atoms with Gasteiger partial charge in [-0.3, -0.25) is 14.5 Å². The molecular weight excluding hydrogens is 390 g/mol. The van der Waals surface area contributed by atoms with Crippen molar-refractivity contribution < 1.29 is 19.4 Å². The van der Waals surface area contributed by atoms with Crippen LogP contribution in [-0.4, -0.2) is 53.5 Å². The summed E-state index contributed by atoms with van der Waals surface area (Å²) in [6.07, 6.45) is 6.82. The molecule has 2 aromatic carbocycles. The summed E-state index contributed by atoms with van der Waals surface area (Å²) in [6, 6.07) is 15.2. The maximum Gasteiger partial charge on any atom is 0.185 e. The van der Waals surface area contributed by atoms with Gasteiger partial charge in [-0.05, 0) is 42.7 Å². The van der Waals surface area contributed by atoms with Gasteiger partial charge in [0.15, 0.2) is 11.6 Å². The molecule has 0 radical (unpaired) electrons. The van der Waals surface area contributed by atoms with E-state index >= 15 is 0 Å². The first-order valence-corrected chi connectivity index (χ1v) is 10.5. The molecule has 0 amide bonds. The molecule has 5 nitrogen and oxygen atoms in total. The monoisotopic (exact) mass is 419 g/mol. The Morgan fingerprint density at radius 2 is 1.48 bits per heavy atom. The molecule has 1 N–H and O–H groups in total. The third kappa shape index (κ3) is 7.10. The lowest BCUT2D eigenvalue weighted by Crippen LogP contribution is -2.44. The Kier molecular flexibility index (Phi) is 8.06. The molecule has 3 rings (SSSR count). The molecule has 1 heterocycles. The number of aliphatic hydroxyl groups excluding tert-OH is 1. The Morgan fingerprint density at radius 1 is 0.935 bits per heavy atom. The number of hydrogen-bond acceptors (Lipinski definition) is 5. The Labute approximate surface area is 183 Å². The SMILES string of the molecule is C[C@@H]1CN(Cc2ccc(C(=O)/C=C/c3ccc(/C=C/C(=O)CO)cc3)cc2)C[C@H](C)O1. The van der Waals surface area contributed by atoms with Crippen molar-refractivity contribution in [1.82, 2.24) is 4.90 Å². The molecule has 1 fully saturated rings. The minimum atomic E-state index is -0.494. The van der Waals surface area contributed by atoms with Gasteiger partial charge in [-0.15, -0.1) is 0 Å². The number of ketones is 2. The maximum absolute atomic E-state index is 12.5. The number of carbonyl (C=O) groups excluding carboxylic acids is 2. The summed E-state index contributed by atoms with van der Waals surface area (Å²) in [5.41, 5.74) is 3.59. The lowest BCUT2D eigenvalue weighted by atomic mass is 10.1. The first-order valence-electron chi connectivity index (χ1n) is 10.5. The largest absolute Gasteiger partial charge is 0.388 e. The first kappa shape index (κ1) is 22.8. The Bertz CT molecular complexity index is 934. The van der Waals surface area contributed by atoms with E-state index in [1.807, 2.05) is 48.5 Å². The van der Waals surface area contributed by atoms with E-state index < -0.39 is 6.61 Å². The van der Waals surface area contributed by atoms with Crippen molar-refractivity contribution in [3.63, 3.8) is 0 Å². The first-order chi connectivity index (χ1) is 14.9. The Morgan fingerprint density at radius 3 is 2.03 bits per heavy atom. The highest BCUT2D eigenvalue weighted by molar-refractivity contribution is 6.06. The standard InChI is InChI=1S/C26H29NO4/c1-19-15-27(16-20(2)31-19)17-23-7-11-24(12-8-23)26(30)14-10-22-5-3-21(4-6-22)9-13-25(29)18-28/h3-14,19-20,28H,15-18H2,1-2H3/b13-9+,14-10+/t19-,20+. The van der Waals surface area contributed by atoms with Gasteiger partial charge in [-0.2, -0.15) is 0 Å². The van der Waals surface area contributed by atoms with Crippen molar-refractivity contribution in [2.75, 3.05) is 19.7 Å². The molecule has 5 heteroatoms. The summed E-state index contributed by atoms with van der Waals surface area (Å²) in [7, 11) is 0. The van der Waals surface area contributed by atoms with Crippen molar-refractivity contribution in [1.29, 1.82) is 0 Å². The highest BCUT2D eigenvalue weighted by Gasteiger charge is 2.21. The topological polar surface area (TPSA) is 66.8 Å². The molecular formula is C26H29NO4. The molecule has 0 aromatic heterocycles.